The maximum Gasteiger partial charge on any atom is 0.219 e. The van der Waals surface area contributed by atoms with Crippen LogP contribution in [0.25, 0.3) is 0 Å². The van der Waals surface area contributed by atoms with Gasteiger partial charge in [0.25, 0.3) is 0 Å². The van der Waals surface area contributed by atoms with Crippen LogP contribution >= 0.6 is 0 Å². The largest absolute Gasteiger partial charge is 0.219 e. The van der Waals surface area contributed by atoms with Crippen LogP contribution in [0.1, 0.15) is 61.3 Å². The Hall–Kier alpha value is -0.0900. The summed E-state index contributed by atoms with van der Waals surface area (Å²) in [6.45, 7) is 13.7. The molecule has 0 spiro atoms. The summed E-state index contributed by atoms with van der Waals surface area (Å²) in [5, 5.41) is 0. The third-order valence-electron chi connectivity index (χ3n) is 3.59. The van der Waals surface area contributed by atoms with Gasteiger partial charge >= 0.3 is 0 Å². The van der Waals surface area contributed by atoms with Crippen molar-refractivity contribution >= 4 is 10.0 Å². The molecule has 17 heavy (non-hydrogen) atoms. The molecule has 0 amide bonds. The zero-order valence-corrected chi connectivity index (χ0v) is 13.1. The highest BCUT2D eigenvalue weighted by molar-refractivity contribution is 7.90. The molecule has 0 aromatic rings. The van der Waals surface area contributed by atoms with Gasteiger partial charge in [0, 0.05) is 12.1 Å². The highest BCUT2D eigenvalue weighted by atomic mass is 32.2. The molecule has 1 rings (SSSR count). The van der Waals surface area contributed by atoms with Crippen molar-refractivity contribution in [2.75, 3.05) is 0 Å². The summed E-state index contributed by atoms with van der Waals surface area (Å²) in [7, 11) is -3.22. The summed E-state index contributed by atoms with van der Waals surface area (Å²) in [5.74, 6) is 0. The maximum atomic E-state index is 12.6. The Kier molecular flexibility index (Phi) is 3.73. The van der Waals surface area contributed by atoms with Crippen LogP contribution in [0.15, 0.2) is 0 Å². The van der Waals surface area contributed by atoms with E-state index in [0.29, 0.717) is 0 Å². The van der Waals surface area contributed by atoms with E-state index in [2.05, 4.69) is 20.8 Å². The molecule has 0 bridgehead atoms. The number of rotatable bonds is 3. The highest BCUT2D eigenvalue weighted by Crippen LogP contribution is 2.39. The summed E-state index contributed by atoms with van der Waals surface area (Å²) in [6, 6.07) is 0.271. The fraction of sp³-hybridized carbons (Fsp3) is 1.00. The summed E-state index contributed by atoms with van der Waals surface area (Å²) >= 11 is 0. The van der Waals surface area contributed by atoms with Crippen molar-refractivity contribution < 1.29 is 8.42 Å². The Morgan fingerprint density at radius 3 is 1.71 bits per heavy atom. The smallest absolute Gasteiger partial charge is 0.212 e. The highest BCUT2D eigenvalue weighted by Gasteiger charge is 2.47. The molecule has 0 unspecified atom stereocenters. The Balaban J connectivity index is 3.12. The minimum absolute atomic E-state index is 0.0269. The van der Waals surface area contributed by atoms with Crippen molar-refractivity contribution in [3.63, 3.8) is 0 Å². The quantitative estimate of drug-likeness (QED) is 0.783. The lowest BCUT2D eigenvalue weighted by atomic mass is 9.88. The minimum Gasteiger partial charge on any atom is -0.212 e. The second-order valence-corrected chi connectivity index (χ2v) is 9.82. The first-order valence-corrected chi connectivity index (χ1v) is 7.86. The van der Waals surface area contributed by atoms with Gasteiger partial charge in [-0.25, -0.2) is 8.42 Å². The van der Waals surface area contributed by atoms with Crippen molar-refractivity contribution in [1.29, 1.82) is 0 Å². The Labute approximate surface area is 107 Å². The normalized spacial score (nSPS) is 20.7. The fourth-order valence-corrected chi connectivity index (χ4v) is 3.72. The summed E-state index contributed by atoms with van der Waals surface area (Å²) in [6.07, 6.45) is 2.02. The first-order valence-electron chi connectivity index (χ1n) is 6.42. The van der Waals surface area contributed by atoms with Crippen LogP contribution in [0, 0.1) is 5.41 Å². The van der Waals surface area contributed by atoms with E-state index in [1.807, 2.05) is 6.92 Å². The lowest BCUT2D eigenvalue weighted by Crippen LogP contribution is -2.52. The number of hydrogen-bond donors (Lipinski definition) is 0. The van der Waals surface area contributed by atoms with Crippen molar-refractivity contribution in [2.24, 2.45) is 5.41 Å². The Bertz CT molecular complexity index is 369. The van der Waals surface area contributed by atoms with E-state index in [1.165, 1.54) is 0 Å². The van der Waals surface area contributed by atoms with E-state index in [4.69, 9.17) is 0 Å². The lowest BCUT2D eigenvalue weighted by Gasteiger charge is -2.40. The fourth-order valence-electron chi connectivity index (χ4n) is 1.75. The van der Waals surface area contributed by atoms with Crippen LogP contribution in [0.4, 0.5) is 0 Å². The average Bonchev–Trinajstić information content (AvgIpc) is 2.83. The third-order valence-corrected chi connectivity index (χ3v) is 6.31. The van der Waals surface area contributed by atoms with E-state index in [0.717, 1.165) is 12.8 Å². The predicted molar refractivity (Wildman–Crippen MR) is 72.5 cm³/mol. The van der Waals surface area contributed by atoms with Gasteiger partial charge in [0.2, 0.25) is 10.0 Å². The van der Waals surface area contributed by atoms with Crippen LogP contribution in [0.3, 0.4) is 0 Å². The lowest BCUT2D eigenvalue weighted by molar-refractivity contribution is 0.183. The van der Waals surface area contributed by atoms with E-state index in [1.54, 1.807) is 25.1 Å². The van der Waals surface area contributed by atoms with Crippen molar-refractivity contribution in [3.8, 4) is 0 Å². The van der Waals surface area contributed by atoms with Gasteiger partial charge in [0.15, 0.2) is 0 Å². The SMILES string of the molecule is C[C@H](N(C1CC1)S(=O)(=O)C(C)(C)C)C(C)(C)C. The average molecular weight is 261 g/mol. The molecule has 3 nitrogen and oxygen atoms in total. The van der Waals surface area contributed by atoms with Crippen molar-refractivity contribution in [2.45, 2.75) is 78.1 Å². The molecule has 0 aromatic carbocycles. The van der Waals surface area contributed by atoms with E-state index < -0.39 is 14.8 Å². The molecular formula is C13H27NO2S. The Morgan fingerprint density at radius 1 is 1.06 bits per heavy atom. The molecule has 1 aliphatic carbocycles. The second-order valence-electron chi connectivity index (χ2n) is 7.22. The van der Waals surface area contributed by atoms with Gasteiger partial charge in [-0.3, -0.25) is 0 Å². The van der Waals surface area contributed by atoms with Gasteiger partial charge in [0.1, 0.15) is 0 Å². The van der Waals surface area contributed by atoms with Crippen molar-refractivity contribution in [1.82, 2.24) is 4.31 Å². The maximum absolute atomic E-state index is 12.6. The van der Waals surface area contributed by atoms with Gasteiger partial charge in [-0.15, -0.1) is 0 Å². The molecule has 0 saturated heterocycles. The second kappa shape index (κ2) is 4.23. The van der Waals surface area contributed by atoms with Gasteiger partial charge in [0.05, 0.1) is 4.75 Å². The third kappa shape index (κ3) is 3.02. The zero-order valence-electron chi connectivity index (χ0n) is 12.2. The minimum atomic E-state index is -3.22. The molecule has 0 aromatic heterocycles. The molecular weight excluding hydrogens is 234 g/mol. The zero-order chi connectivity index (χ0) is 13.6. The summed E-state index contributed by atoms with van der Waals surface area (Å²) in [5.41, 5.74) is -0.0269. The van der Waals surface area contributed by atoms with E-state index in [-0.39, 0.29) is 17.5 Å². The number of hydrogen-bond acceptors (Lipinski definition) is 2. The number of nitrogens with zero attached hydrogens (tertiary/aromatic N) is 1. The molecule has 4 heteroatoms. The first-order chi connectivity index (χ1) is 7.39. The molecule has 1 fully saturated rings. The van der Waals surface area contributed by atoms with Gasteiger partial charge in [-0.05, 0) is 46.0 Å². The molecule has 1 saturated carbocycles. The summed E-state index contributed by atoms with van der Waals surface area (Å²) in [4.78, 5) is 0. The van der Waals surface area contributed by atoms with E-state index >= 15 is 0 Å². The van der Waals surface area contributed by atoms with Crippen LogP contribution in [-0.4, -0.2) is 29.6 Å². The molecule has 0 heterocycles. The molecule has 1 atom stereocenters. The van der Waals surface area contributed by atoms with Crippen LogP contribution in [-0.2, 0) is 10.0 Å². The monoisotopic (exact) mass is 261 g/mol. The van der Waals surface area contributed by atoms with Gasteiger partial charge < -0.3 is 0 Å². The summed E-state index contributed by atoms with van der Waals surface area (Å²) < 4.78 is 26.4. The predicted octanol–water partition coefficient (Wildman–Crippen LogP) is 3.01. The standard InChI is InChI=1S/C13H27NO2S/c1-10(12(2,3)4)14(11-8-9-11)17(15,16)13(5,6)7/h10-11H,8-9H2,1-7H3/t10-/m0/s1. The molecule has 0 aliphatic heterocycles. The van der Waals surface area contributed by atoms with Gasteiger partial charge in [-0.2, -0.15) is 4.31 Å². The molecule has 0 radical (unpaired) electrons. The van der Waals surface area contributed by atoms with Crippen LogP contribution in [0.5, 0.6) is 0 Å². The molecule has 0 N–H and O–H groups in total. The topological polar surface area (TPSA) is 37.4 Å². The van der Waals surface area contributed by atoms with Crippen LogP contribution in [0.2, 0.25) is 0 Å². The Morgan fingerprint density at radius 2 is 1.47 bits per heavy atom. The van der Waals surface area contributed by atoms with Gasteiger partial charge in [-0.1, -0.05) is 20.8 Å². The first kappa shape index (κ1) is 15.0. The van der Waals surface area contributed by atoms with Crippen LogP contribution < -0.4 is 0 Å². The molecule has 1 aliphatic rings. The number of sulfonamides is 1. The molecule has 102 valence electrons. The van der Waals surface area contributed by atoms with E-state index in [9.17, 15) is 8.42 Å². The van der Waals surface area contributed by atoms with Crippen molar-refractivity contribution in [3.05, 3.63) is 0 Å².